The van der Waals surface area contributed by atoms with E-state index in [0.717, 1.165) is 18.7 Å². The fourth-order valence-corrected chi connectivity index (χ4v) is 1.90. The molecule has 0 bridgehead atoms. The van der Waals surface area contributed by atoms with Gasteiger partial charge >= 0.3 is 0 Å². The molecule has 1 aliphatic carbocycles. The van der Waals surface area contributed by atoms with Crippen molar-refractivity contribution in [3.05, 3.63) is 5.89 Å². The first-order valence-electron chi connectivity index (χ1n) is 4.39. The largest absolute Gasteiger partial charge is 0.415 e. The Morgan fingerprint density at radius 2 is 2.31 bits per heavy atom. The fourth-order valence-electron chi connectivity index (χ4n) is 1.62. The van der Waals surface area contributed by atoms with Gasteiger partial charge in [0.05, 0.1) is 5.41 Å². The molecule has 1 aromatic rings. The molecule has 72 valence electrons. The van der Waals surface area contributed by atoms with E-state index in [1.165, 1.54) is 18.2 Å². The first kappa shape index (κ1) is 9.02. The number of aromatic nitrogens is 2. The molecule has 0 unspecified atom stereocenters. The predicted molar refractivity (Wildman–Crippen MR) is 50.7 cm³/mol. The Labute approximate surface area is 81.3 Å². The predicted octanol–water partition coefficient (Wildman–Crippen LogP) is 1.17. The molecule has 13 heavy (non-hydrogen) atoms. The van der Waals surface area contributed by atoms with Gasteiger partial charge in [-0.25, -0.2) is 0 Å². The van der Waals surface area contributed by atoms with Gasteiger partial charge in [-0.3, -0.25) is 0 Å². The molecule has 0 aromatic carbocycles. The normalized spacial score (nSPS) is 19.8. The smallest absolute Gasteiger partial charge is 0.276 e. The molecule has 2 N–H and O–H groups in total. The van der Waals surface area contributed by atoms with Crippen molar-refractivity contribution < 1.29 is 4.42 Å². The van der Waals surface area contributed by atoms with Crippen LogP contribution in [0.3, 0.4) is 0 Å². The summed E-state index contributed by atoms with van der Waals surface area (Å²) in [7, 11) is 0. The van der Waals surface area contributed by atoms with Crippen LogP contribution in [-0.4, -0.2) is 23.0 Å². The Bertz CT molecular complexity index is 290. The summed E-state index contributed by atoms with van der Waals surface area (Å²) in [5.74, 6) is 0.727. The van der Waals surface area contributed by atoms with E-state index < -0.39 is 0 Å². The molecule has 2 rings (SSSR count). The van der Waals surface area contributed by atoms with E-state index in [2.05, 4.69) is 10.2 Å². The van der Waals surface area contributed by atoms with Gasteiger partial charge in [0.15, 0.2) is 0 Å². The van der Waals surface area contributed by atoms with Crippen molar-refractivity contribution in [3.63, 3.8) is 0 Å². The number of nitrogens with zero attached hydrogens (tertiary/aromatic N) is 2. The van der Waals surface area contributed by atoms with Crippen molar-refractivity contribution in [2.45, 2.75) is 29.9 Å². The quantitative estimate of drug-likeness (QED) is 0.740. The molecular weight excluding hydrogens is 186 g/mol. The van der Waals surface area contributed by atoms with Gasteiger partial charge in [0.2, 0.25) is 5.89 Å². The molecule has 0 saturated heterocycles. The van der Waals surface area contributed by atoms with E-state index >= 15 is 0 Å². The van der Waals surface area contributed by atoms with Crippen molar-refractivity contribution in [1.82, 2.24) is 10.2 Å². The van der Waals surface area contributed by atoms with Crippen molar-refractivity contribution in [3.8, 4) is 0 Å². The summed E-state index contributed by atoms with van der Waals surface area (Å²) in [6.45, 7) is 0.614. The van der Waals surface area contributed by atoms with Crippen LogP contribution < -0.4 is 5.73 Å². The fraction of sp³-hybridized carbons (Fsp3) is 0.750. The molecule has 0 radical (unpaired) electrons. The molecule has 5 heteroatoms. The summed E-state index contributed by atoms with van der Waals surface area (Å²) in [5, 5.41) is 8.59. The summed E-state index contributed by atoms with van der Waals surface area (Å²) in [6.07, 6.45) is 5.31. The molecule has 1 aliphatic rings. The van der Waals surface area contributed by atoms with Crippen LogP contribution in [0, 0.1) is 0 Å². The maximum absolute atomic E-state index is 5.72. The molecule has 1 heterocycles. The molecular formula is C8H13N3OS. The maximum Gasteiger partial charge on any atom is 0.276 e. The highest BCUT2D eigenvalue weighted by Crippen LogP contribution is 2.42. The van der Waals surface area contributed by atoms with Gasteiger partial charge < -0.3 is 10.2 Å². The topological polar surface area (TPSA) is 64.9 Å². The van der Waals surface area contributed by atoms with Gasteiger partial charge in [-0.2, -0.15) is 0 Å². The van der Waals surface area contributed by atoms with Gasteiger partial charge in [0.1, 0.15) is 0 Å². The van der Waals surface area contributed by atoms with E-state index in [0.29, 0.717) is 11.8 Å². The summed E-state index contributed by atoms with van der Waals surface area (Å²) in [4.78, 5) is 0. The summed E-state index contributed by atoms with van der Waals surface area (Å²) in [6, 6.07) is 0. The summed E-state index contributed by atoms with van der Waals surface area (Å²) in [5.41, 5.74) is 5.72. The van der Waals surface area contributed by atoms with E-state index in [9.17, 15) is 0 Å². The number of hydrogen-bond acceptors (Lipinski definition) is 5. The highest BCUT2D eigenvalue weighted by molar-refractivity contribution is 7.98. The lowest BCUT2D eigenvalue weighted by molar-refractivity contribution is 0.189. The maximum atomic E-state index is 5.72. The Morgan fingerprint density at radius 3 is 2.69 bits per heavy atom. The SMILES string of the molecule is CSc1nnc(C2(CN)CCC2)o1. The third-order valence-corrected chi connectivity index (χ3v) is 3.25. The van der Waals surface area contributed by atoms with Crippen LogP contribution in [0.25, 0.3) is 0 Å². The molecule has 0 amide bonds. The number of hydrogen-bond donors (Lipinski definition) is 1. The highest BCUT2D eigenvalue weighted by atomic mass is 32.2. The van der Waals surface area contributed by atoms with Crippen LogP contribution in [-0.2, 0) is 5.41 Å². The first-order valence-corrected chi connectivity index (χ1v) is 5.61. The monoisotopic (exact) mass is 199 g/mol. The number of thioether (sulfide) groups is 1. The third kappa shape index (κ3) is 1.36. The molecule has 1 aromatic heterocycles. The van der Waals surface area contributed by atoms with Crippen molar-refractivity contribution >= 4 is 11.8 Å². The Morgan fingerprint density at radius 1 is 1.54 bits per heavy atom. The van der Waals surface area contributed by atoms with Crippen LogP contribution in [0.15, 0.2) is 9.64 Å². The van der Waals surface area contributed by atoms with Gasteiger partial charge in [-0.05, 0) is 19.1 Å². The van der Waals surface area contributed by atoms with Gasteiger partial charge in [-0.1, -0.05) is 18.2 Å². The van der Waals surface area contributed by atoms with Gasteiger partial charge in [-0.15, -0.1) is 10.2 Å². The third-order valence-electron chi connectivity index (χ3n) is 2.74. The van der Waals surface area contributed by atoms with Crippen LogP contribution in [0.5, 0.6) is 0 Å². The second-order valence-electron chi connectivity index (χ2n) is 3.42. The second-order valence-corrected chi connectivity index (χ2v) is 4.17. The average Bonchev–Trinajstić information content (AvgIpc) is 2.52. The molecule has 1 fully saturated rings. The van der Waals surface area contributed by atoms with Crippen LogP contribution in [0.4, 0.5) is 0 Å². The molecule has 4 nitrogen and oxygen atoms in total. The van der Waals surface area contributed by atoms with E-state index in [4.69, 9.17) is 10.2 Å². The van der Waals surface area contributed by atoms with Crippen molar-refractivity contribution in [1.29, 1.82) is 0 Å². The van der Waals surface area contributed by atoms with E-state index in [1.807, 2.05) is 6.26 Å². The first-order chi connectivity index (χ1) is 6.30. The number of nitrogens with two attached hydrogens (primary N) is 1. The lowest BCUT2D eigenvalue weighted by Crippen LogP contribution is -2.41. The molecule has 0 aliphatic heterocycles. The van der Waals surface area contributed by atoms with Crippen LogP contribution >= 0.6 is 11.8 Å². The zero-order valence-electron chi connectivity index (χ0n) is 7.62. The average molecular weight is 199 g/mol. The van der Waals surface area contributed by atoms with Gasteiger partial charge in [0.25, 0.3) is 5.22 Å². The van der Waals surface area contributed by atoms with E-state index in [1.54, 1.807) is 0 Å². The van der Waals surface area contributed by atoms with Crippen molar-refractivity contribution in [2.24, 2.45) is 5.73 Å². The minimum atomic E-state index is 0.000972. The van der Waals surface area contributed by atoms with Crippen LogP contribution in [0.2, 0.25) is 0 Å². The van der Waals surface area contributed by atoms with Crippen LogP contribution in [0.1, 0.15) is 25.2 Å². The lowest BCUT2D eigenvalue weighted by Gasteiger charge is -2.37. The standard InChI is InChI=1S/C8H13N3OS/c1-13-7-11-10-6(12-7)8(5-9)3-2-4-8/h2-5,9H2,1H3. The minimum absolute atomic E-state index is 0.000972. The Balaban J connectivity index is 2.23. The second kappa shape index (κ2) is 3.31. The Kier molecular flexibility index (Phi) is 2.29. The summed E-state index contributed by atoms with van der Waals surface area (Å²) < 4.78 is 5.49. The molecule has 1 saturated carbocycles. The number of rotatable bonds is 3. The lowest BCUT2D eigenvalue weighted by atomic mass is 9.69. The zero-order valence-corrected chi connectivity index (χ0v) is 8.43. The van der Waals surface area contributed by atoms with Gasteiger partial charge in [0, 0.05) is 6.54 Å². The molecule has 0 spiro atoms. The summed E-state index contributed by atoms with van der Waals surface area (Å²) >= 11 is 1.47. The minimum Gasteiger partial charge on any atom is -0.415 e. The molecule has 0 atom stereocenters. The highest BCUT2D eigenvalue weighted by Gasteiger charge is 2.42. The van der Waals surface area contributed by atoms with Crippen molar-refractivity contribution in [2.75, 3.05) is 12.8 Å². The van der Waals surface area contributed by atoms with E-state index in [-0.39, 0.29) is 5.41 Å². The Hall–Kier alpha value is -0.550. The zero-order chi connectivity index (χ0) is 9.31.